The van der Waals surface area contributed by atoms with Gasteiger partial charge in [0.15, 0.2) is 0 Å². The molecule has 0 aromatic heterocycles. The lowest BCUT2D eigenvalue weighted by atomic mass is 9.76. The molecule has 0 N–H and O–H groups in total. The molecule has 1 saturated heterocycles. The number of benzene rings is 1. The molecule has 140 valence electrons. The first kappa shape index (κ1) is 18.7. The van der Waals surface area contributed by atoms with E-state index < -0.39 is 17.6 Å². The van der Waals surface area contributed by atoms with E-state index in [4.69, 9.17) is 4.74 Å². The zero-order valence-corrected chi connectivity index (χ0v) is 14.6. The van der Waals surface area contributed by atoms with E-state index in [-0.39, 0.29) is 5.92 Å². The summed E-state index contributed by atoms with van der Waals surface area (Å²) in [5.74, 6) is -0.466. The maximum absolute atomic E-state index is 13.8. The van der Waals surface area contributed by atoms with E-state index in [0.29, 0.717) is 23.7 Å². The molecule has 25 heavy (non-hydrogen) atoms. The molecule has 3 rings (SSSR count). The monoisotopic (exact) mass is 358 g/mol. The molecular formula is C20H26F4O. The largest absolute Gasteiger partial charge is 0.419 e. The van der Waals surface area contributed by atoms with Gasteiger partial charge in [0, 0.05) is 0 Å². The van der Waals surface area contributed by atoms with Crippen molar-refractivity contribution >= 4 is 0 Å². The van der Waals surface area contributed by atoms with Crippen molar-refractivity contribution in [2.24, 2.45) is 5.92 Å². The molecule has 1 aromatic rings. The topological polar surface area (TPSA) is 9.23 Å². The van der Waals surface area contributed by atoms with Gasteiger partial charge in [0.2, 0.25) is 0 Å². The molecule has 2 atom stereocenters. The molecule has 5 heteroatoms. The number of ether oxygens (including phenoxy) is 1. The second-order valence-electron chi connectivity index (χ2n) is 7.51. The Bertz CT molecular complexity index is 576. The lowest BCUT2D eigenvalue weighted by Gasteiger charge is -2.32. The van der Waals surface area contributed by atoms with Crippen molar-refractivity contribution in [2.45, 2.75) is 82.6 Å². The van der Waals surface area contributed by atoms with Crippen LogP contribution in [0.5, 0.6) is 0 Å². The Morgan fingerprint density at radius 3 is 2.36 bits per heavy atom. The smallest absolute Gasteiger partial charge is 0.375 e. The summed E-state index contributed by atoms with van der Waals surface area (Å²) in [5, 5.41) is 0. The number of hydrogen-bond acceptors (Lipinski definition) is 1. The van der Waals surface area contributed by atoms with Gasteiger partial charge in [-0.05, 0) is 74.5 Å². The van der Waals surface area contributed by atoms with Crippen LogP contribution in [0.25, 0.3) is 0 Å². The molecule has 0 spiro atoms. The van der Waals surface area contributed by atoms with Gasteiger partial charge in [0.25, 0.3) is 0 Å². The predicted octanol–water partition coefficient (Wildman–Crippen LogP) is 6.47. The Morgan fingerprint density at radius 1 is 1.04 bits per heavy atom. The highest BCUT2D eigenvalue weighted by Gasteiger charge is 2.36. The summed E-state index contributed by atoms with van der Waals surface area (Å²) >= 11 is 0. The molecule has 1 aliphatic heterocycles. The Morgan fingerprint density at radius 2 is 1.76 bits per heavy atom. The van der Waals surface area contributed by atoms with Crippen molar-refractivity contribution in [2.75, 3.05) is 0 Å². The highest BCUT2D eigenvalue weighted by Crippen LogP contribution is 2.42. The molecule has 0 radical (unpaired) electrons. The van der Waals surface area contributed by atoms with Crippen LogP contribution in [-0.2, 0) is 10.9 Å². The third-order valence-corrected chi connectivity index (χ3v) is 5.82. The minimum Gasteiger partial charge on any atom is -0.375 e. The Kier molecular flexibility index (Phi) is 5.71. The van der Waals surface area contributed by atoms with E-state index in [1.807, 2.05) is 0 Å². The minimum atomic E-state index is -4.63. The standard InChI is InChI=1S/C20H26F4O/c1-2-3-16-9-11-19(25-16)14-6-4-13(5-7-14)15-8-10-17(18(21)12-15)20(22,23)24/h8,10,12-14,16,19H,2-7,9,11H2,1H3. The van der Waals surface area contributed by atoms with E-state index in [1.165, 1.54) is 6.07 Å². The van der Waals surface area contributed by atoms with Crippen molar-refractivity contribution in [3.8, 4) is 0 Å². The summed E-state index contributed by atoms with van der Waals surface area (Å²) in [6.45, 7) is 2.17. The summed E-state index contributed by atoms with van der Waals surface area (Å²) in [4.78, 5) is 0. The second kappa shape index (κ2) is 7.65. The average molecular weight is 358 g/mol. The van der Waals surface area contributed by atoms with Crippen LogP contribution in [0.4, 0.5) is 17.6 Å². The van der Waals surface area contributed by atoms with Gasteiger partial charge >= 0.3 is 6.18 Å². The van der Waals surface area contributed by atoms with Crippen LogP contribution < -0.4 is 0 Å². The maximum Gasteiger partial charge on any atom is 0.419 e. The van der Waals surface area contributed by atoms with Gasteiger partial charge < -0.3 is 4.74 Å². The summed E-state index contributed by atoms with van der Waals surface area (Å²) in [6, 6.07) is 3.41. The van der Waals surface area contributed by atoms with Gasteiger partial charge in [-0.2, -0.15) is 13.2 Å². The van der Waals surface area contributed by atoms with Crippen molar-refractivity contribution in [1.82, 2.24) is 0 Å². The zero-order valence-electron chi connectivity index (χ0n) is 14.6. The number of hydrogen-bond donors (Lipinski definition) is 0. The van der Waals surface area contributed by atoms with Crippen LogP contribution in [0.2, 0.25) is 0 Å². The molecule has 1 aromatic carbocycles. The first-order valence-electron chi connectivity index (χ1n) is 9.40. The molecule has 1 aliphatic carbocycles. The van der Waals surface area contributed by atoms with Crippen LogP contribution in [-0.4, -0.2) is 12.2 Å². The molecule has 2 aliphatic rings. The van der Waals surface area contributed by atoms with E-state index >= 15 is 0 Å². The minimum absolute atomic E-state index is 0.154. The highest BCUT2D eigenvalue weighted by molar-refractivity contribution is 5.29. The molecular weight excluding hydrogens is 332 g/mol. The van der Waals surface area contributed by atoms with Gasteiger partial charge in [-0.15, -0.1) is 0 Å². The van der Waals surface area contributed by atoms with Crippen molar-refractivity contribution in [3.63, 3.8) is 0 Å². The Labute approximate surface area is 146 Å². The fraction of sp³-hybridized carbons (Fsp3) is 0.700. The SMILES string of the molecule is CCCC1CCC(C2CCC(c3ccc(C(F)(F)F)c(F)c3)CC2)O1. The maximum atomic E-state index is 13.8. The van der Waals surface area contributed by atoms with Crippen molar-refractivity contribution in [3.05, 3.63) is 35.1 Å². The van der Waals surface area contributed by atoms with Gasteiger partial charge in [-0.25, -0.2) is 4.39 Å². The zero-order chi connectivity index (χ0) is 18.0. The van der Waals surface area contributed by atoms with Crippen molar-refractivity contribution < 1.29 is 22.3 Å². The Hall–Kier alpha value is -1.10. The summed E-state index contributed by atoms with van der Waals surface area (Å²) in [7, 11) is 0. The summed E-state index contributed by atoms with van der Waals surface area (Å²) in [5.41, 5.74) is -0.480. The fourth-order valence-electron chi connectivity index (χ4n) is 4.45. The van der Waals surface area contributed by atoms with Gasteiger partial charge in [0.05, 0.1) is 17.8 Å². The Balaban J connectivity index is 1.57. The lowest BCUT2D eigenvalue weighted by molar-refractivity contribution is -0.140. The number of rotatable bonds is 4. The van der Waals surface area contributed by atoms with Gasteiger partial charge in [-0.3, -0.25) is 0 Å². The van der Waals surface area contributed by atoms with E-state index in [2.05, 4.69) is 6.92 Å². The average Bonchev–Trinajstić information content (AvgIpc) is 3.03. The first-order valence-corrected chi connectivity index (χ1v) is 9.40. The summed E-state index contributed by atoms with van der Waals surface area (Å²) in [6.07, 6.45) is 4.45. The molecule has 0 bridgehead atoms. The quantitative estimate of drug-likeness (QED) is 0.561. The second-order valence-corrected chi connectivity index (χ2v) is 7.51. The van der Waals surface area contributed by atoms with Crippen LogP contribution in [0.3, 0.4) is 0 Å². The first-order chi connectivity index (χ1) is 11.9. The normalized spacial score (nSPS) is 30.6. The predicted molar refractivity (Wildman–Crippen MR) is 88.9 cm³/mol. The molecule has 2 unspecified atom stereocenters. The van der Waals surface area contributed by atoms with Crippen LogP contribution in [0.1, 0.15) is 75.3 Å². The molecule has 1 saturated carbocycles. The number of halogens is 4. The molecule has 1 nitrogen and oxygen atoms in total. The molecule has 1 heterocycles. The van der Waals surface area contributed by atoms with E-state index in [0.717, 1.165) is 63.5 Å². The third kappa shape index (κ3) is 4.36. The van der Waals surface area contributed by atoms with Crippen LogP contribution in [0, 0.1) is 11.7 Å². The van der Waals surface area contributed by atoms with Gasteiger partial charge in [-0.1, -0.05) is 19.4 Å². The molecule has 0 amide bonds. The number of alkyl halides is 3. The molecule has 2 fully saturated rings. The lowest BCUT2D eigenvalue weighted by Crippen LogP contribution is -2.26. The van der Waals surface area contributed by atoms with Crippen LogP contribution in [0.15, 0.2) is 18.2 Å². The van der Waals surface area contributed by atoms with Crippen LogP contribution >= 0.6 is 0 Å². The van der Waals surface area contributed by atoms with E-state index in [1.54, 1.807) is 0 Å². The van der Waals surface area contributed by atoms with Gasteiger partial charge in [0.1, 0.15) is 5.82 Å². The summed E-state index contributed by atoms with van der Waals surface area (Å²) < 4.78 is 58.0. The van der Waals surface area contributed by atoms with Crippen molar-refractivity contribution in [1.29, 1.82) is 0 Å². The third-order valence-electron chi connectivity index (χ3n) is 5.82. The fourth-order valence-corrected chi connectivity index (χ4v) is 4.45. The van der Waals surface area contributed by atoms with E-state index in [9.17, 15) is 17.6 Å². The highest BCUT2D eigenvalue weighted by atomic mass is 19.4.